The van der Waals surface area contributed by atoms with Crippen molar-refractivity contribution in [2.45, 2.75) is 39.0 Å². The Hall–Kier alpha value is -2.13. The molecule has 9 heteroatoms. The Morgan fingerprint density at radius 2 is 2.24 bits per heavy atom. The van der Waals surface area contributed by atoms with E-state index in [2.05, 4.69) is 22.1 Å². The number of hydrogen-bond donors (Lipinski definition) is 3. The van der Waals surface area contributed by atoms with Crippen LogP contribution in [0.4, 0.5) is 9.52 Å². The second kappa shape index (κ2) is 10.7. The van der Waals surface area contributed by atoms with Crippen LogP contribution in [-0.2, 0) is 16.1 Å². The van der Waals surface area contributed by atoms with E-state index in [1.807, 2.05) is 13.2 Å². The number of allylic oxidation sites excluding steroid dienone is 2. The van der Waals surface area contributed by atoms with Crippen LogP contribution >= 0.6 is 11.3 Å². The molecule has 0 bridgehead atoms. The lowest BCUT2D eigenvalue weighted by Crippen LogP contribution is -2.27. The molecule has 1 aliphatic rings. The number of nitrogens with one attached hydrogen (secondary N) is 1. The van der Waals surface area contributed by atoms with Gasteiger partial charge < -0.3 is 26.3 Å². The molecule has 0 aliphatic carbocycles. The number of carbonyl (C=O) groups excluding carboxylic acids is 1. The maximum absolute atomic E-state index is 12.4. The Labute approximate surface area is 151 Å². The van der Waals surface area contributed by atoms with Gasteiger partial charge in [0, 0.05) is 49.7 Å². The Kier molecular flexibility index (Phi) is 8.93. The third kappa shape index (κ3) is 7.53. The standard InChI is InChI=1S/C14H22FN5OS.C2H4O/c1-9-5-10(21-13(17)4-3-12(15)16)7-20(9)8-11-6-19-14(18-2)22-11;1-2-3/h3-4,6,9-10H,5,7-8,16-17H2,1-2H3,(H,18,19);2H,1H3/b12-3-,13-4+;. The topological polar surface area (TPSA) is 106 Å². The number of carbonyl (C=O) groups is 1. The van der Waals surface area contributed by atoms with Crippen LogP contribution < -0.4 is 16.8 Å². The van der Waals surface area contributed by atoms with Gasteiger partial charge in [-0.3, -0.25) is 4.90 Å². The number of aldehydes is 1. The molecule has 0 aromatic carbocycles. The molecular formula is C16H26FN5O2S. The largest absolute Gasteiger partial charge is 0.475 e. The maximum atomic E-state index is 12.4. The van der Waals surface area contributed by atoms with Crippen molar-refractivity contribution in [2.24, 2.45) is 11.5 Å². The van der Waals surface area contributed by atoms with Crippen molar-refractivity contribution in [1.29, 1.82) is 0 Å². The molecule has 25 heavy (non-hydrogen) atoms. The molecule has 0 spiro atoms. The summed E-state index contributed by atoms with van der Waals surface area (Å²) in [5.74, 6) is -0.617. The predicted molar refractivity (Wildman–Crippen MR) is 98.4 cm³/mol. The fourth-order valence-corrected chi connectivity index (χ4v) is 3.23. The maximum Gasteiger partial charge on any atom is 0.184 e. The van der Waals surface area contributed by atoms with Crippen molar-refractivity contribution < 1.29 is 13.9 Å². The number of nitrogens with two attached hydrogens (primary N) is 2. The number of halogens is 1. The van der Waals surface area contributed by atoms with Crippen LogP contribution in [0.5, 0.6) is 0 Å². The minimum atomic E-state index is -0.793. The normalized spacial score (nSPS) is 21.4. The molecule has 2 heterocycles. The average molecular weight is 371 g/mol. The molecule has 1 aromatic heterocycles. The van der Waals surface area contributed by atoms with Gasteiger partial charge in [-0.1, -0.05) is 0 Å². The molecule has 0 saturated carbocycles. The second-order valence-electron chi connectivity index (χ2n) is 5.49. The van der Waals surface area contributed by atoms with E-state index in [1.54, 1.807) is 11.3 Å². The van der Waals surface area contributed by atoms with Crippen LogP contribution in [0, 0.1) is 0 Å². The van der Waals surface area contributed by atoms with Gasteiger partial charge in [-0.2, -0.15) is 4.39 Å². The molecule has 1 fully saturated rings. The summed E-state index contributed by atoms with van der Waals surface area (Å²) in [6.45, 7) is 5.21. The molecular weight excluding hydrogens is 345 g/mol. The van der Waals surface area contributed by atoms with Crippen LogP contribution in [0.15, 0.2) is 30.2 Å². The average Bonchev–Trinajstić information content (AvgIpc) is 3.13. The molecule has 7 nitrogen and oxygen atoms in total. The first kappa shape index (κ1) is 20.9. The summed E-state index contributed by atoms with van der Waals surface area (Å²) in [6, 6.07) is 0.389. The van der Waals surface area contributed by atoms with Crippen LogP contribution in [0.1, 0.15) is 25.1 Å². The molecule has 0 amide bonds. The fourth-order valence-electron chi connectivity index (χ4n) is 2.44. The molecule has 1 aliphatic heterocycles. The number of hydrogen-bond acceptors (Lipinski definition) is 8. The van der Waals surface area contributed by atoms with Crippen LogP contribution in [0.25, 0.3) is 0 Å². The first-order valence-electron chi connectivity index (χ1n) is 7.90. The van der Waals surface area contributed by atoms with Crippen LogP contribution in [-0.4, -0.2) is 41.9 Å². The summed E-state index contributed by atoms with van der Waals surface area (Å²) in [4.78, 5) is 16.6. The first-order valence-corrected chi connectivity index (χ1v) is 8.72. The third-order valence-corrected chi connectivity index (χ3v) is 4.50. The van der Waals surface area contributed by atoms with Gasteiger partial charge in [0.25, 0.3) is 0 Å². The Morgan fingerprint density at radius 1 is 1.56 bits per heavy atom. The zero-order valence-electron chi connectivity index (χ0n) is 14.7. The highest BCUT2D eigenvalue weighted by Crippen LogP contribution is 2.26. The van der Waals surface area contributed by atoms with E-state index in [4.69, 9.17) is 21.0 Å². The van der Waals surface area contributed by atoms with E-state index >= 15 is 0 Å². The SMILES string of the molecule is CC=O.CNc1ncc(CN2CC(O/C(N)=C/C=C(\N)F)CC2C)s1. The number of aromatic nitrogens is 1. The Morgan fingerprint density at radius 3 is 2.80 bits per heavy atom. The highest BCUT2D eigenvalue weighted by molar-refractivity contribution is 7.15. The van der Waals surface area contributed by atoms with E-state index < -0.39 is 5.95 Å². The highest BCUT2D eigenvalue weighted by Gasteiger charge is 2.30. The number of ether oxygens (including phenoxy) is 1. The van der Waals surface area contributed by atoms with Gasteiger partial charge in [0.15, 0.2) is 17.0 Å². The minimum Gasteiger partial charge on any atom is -0.475 e. The van der Waals surface area contributed by atoms with Gasteiger partial charge in [0.2, 0.25) is 0 Å². The summed E-state index contributed by atoms with van der Waals surface area (Å²) in [7, 11) is 1.86. The second-order valence-corrected chi connectivity index (χ2v) is 6.61. The van der Waals surface area contributed by atoms with Crippen molar-refractivity contribution in [3.05, 3.63) is 35.1 Å². The molecule has 0 radical (unpaired) electrons. The lowest BCUT2D eigenvalue weighted by atomic mass is 10.2. The van der Waals surface area contributed by atoms with Crippen molar-refractivity contribution in [2.75, 3.05) is 18.9 Å². The van der Waals surface area contributed by atoms with E-state index in [0.717, 1.165) is 37.0 Å². The van der Waals surface area contributed by atoms with Gasteiger partial charge in [-0.05, 0) is 19.9 Å². The molecule has 2 atom stereocenters. The van der Waals surface area contributed by atoms with Gasteiger partial charge in [-0.25, -0.2) is 4.98 Å². The first-order chi connectivity index (χ1) is 11.9. The number of nitrogens with zero attached hydrogens (tertiary/aromatic N) is 2. The van der Waals surface area contributed by atoms with Gasteiger partial charge in [-0.15, -0.1) is 11.3 Å². The third-order valence-electron chi connectivity index (χ3n) is 3.50. The zero-order valence-corrected chi connectivity index (χ0v) is 15.6. The van der Waals surface area contributed by atoms with Gasteiger partial charge in [0.05, 0.1) is 0 Å². The van der Waals surface area contributed by atoms with E-state index in [-0.39, 0.29) is 12.0 Å². The van der Waals surface area contributed by atoms with Crippen LogP contribution in [0.3, 0.4) is 0 Å². The van der Waals surface area contributed by atoms with Crippen molar-refractivity contribution >= 4 is 22.8 Å². The number of anilines is 1. The van der Waals surface area contributed by atoms with E-state index in [9.17, 15) is 4.39 Å². The quantitative estimate of drug-likeness (QED) is 0.304. The van der Waals surface area contributed by atoms with Gasteiger partial charge in [0.1, 0.15) is 12.4 Å². The molecule has 1 aromatic rings. The van der Waals surface area contributed by atoms with E-state index in [0.29, 0.717) is 6.04 Å². The lowest BCUT2D eigenvalue weighted by Gasteiger charge is -2.19. The molecule has 2 unspecified atom stereocenters. The van der Waals surface area contributed by atoms with Crippen molar-refractivity contribution in [1.82, 2.24) is 9.88 Å². The monoisotopic (exact) mass is 371 g/mol. The summed E-state index contributed by atoms with van der Waals surface area (Å²) in [5, 5.41) is 3.95. The summed E-state index contributed by atoms with van der Waals surface area (Å²) in [6.07, 6.45) is 5.94. The van der Waals surface area contributed by atoms with Crippen molar-refractivity contribution in [3.63, 3.8) is 0 Å². The van der Waals surface area contributed by atoms with Gasteiger partial charge >= 0.3 is 0 Å². The lowest BCUT2D eigenvalue weighted by molar-refractivity contribution is -0.106. The number of rotatable bonds is 6. The minimum absolute atomic E-state index is 0.00261. The van der Waals surface area contributed by atoms with Crippen LogP contribution in [0.2, 0.25) is 0 Å². The summed E-state index contributed by atoms with van der Waals surface area (Å²) < 4.78 is 18.1. The van der Waals surface area contributed by atoms with Crippen molar-refractivity contribution in [3.8, 4) is 0 Å². The Bertz CT molecular complexity index is 601. The Balaban J connectivity index is 0.000000970. The molecule has 5 N–H and O–H groups in total. The fraction of sp³-hybridized carbons (Fsp3) is 0.500. The summed E-state index contributed by atoms with van der Waals surface area (Å²) in [5.41, 5.74) is 10.6. The smallest absolute Gasteiger partial charge is 0.184 e. The molecule has 1 saturated heterocycles. The predicted octanol–water partition coefficient (Wildman–Crippen LogP) is 1.94. The molecule has 140 valence electrons. The van der Waals surface area contributed by atoms with E-state index in [1.165, 1.54) is 17.9 Å². The zero-order chi connectivity index (χ0) is 18.8. The highest BCUT2D eigenvalue weighted by atomic mass is 32.1. The summed E-state index contributed by atoms with van der Waals surface area (Å²) >= 11 is 1.64. The molecule has 2 rings (SSSR count). The number of likely N-dealkylation sites (tertiary alicyclic amines) is 1. The number of thiazole rings is 1.